The van der Waals surface area contributed by atoms with Crippen LogP contribution in [0.25, 0.3) is 5.65 Å². The average molecular weight is 262 g/mol. The van der Waals surface area contributed by atoms with Crippen molar-refractivity contribution in [1.29, 1.82) is 0 Å². The molecule has 0 aliphatic heterocycles. The van der Waals surface area contributed by atoms with Gasteiger partial charge < -0.3 is 5.73 Å². The van der Waals surface area contributed by atoms with Gasteiger partial charge in [-0.2, -0.15) is 5.10 Å². The van der Waals surface area contributed by atoms with Crippen LogP contribution in [0.3, 0.4) is 0 Å². The Kier molecular flexibility index (Phi) is 2.23. The zero-order valence-corrected chi connectivity index (χ0v) is 8.88. The molecule has 2 N–H and O–H groups in total. The lowest BCUT2D eigenvalue weighted by Gasteiger charge is -1.94. The number of halogens is 2. The van der Waals surface area contributed by atoms with Gasteiger partial charge in [-0.15, -0.1) is 0 Å². The average Bonchev–Trinajstić information content (AvgIpc) is 2.47. The summed E-state index contributed by atoms with van der Waals surface area (Å²) in [5.41, 5.74) is 6.96. The number of fused-ring (bicyclic) bond motifs is 1. The first-order chi connectivity index (χ1) is 6.20. The van der Waals surface area contributed by atoms with E-state index in [1.165, 1.54) is 0 Å². The van der Waals surface area contributed by atoms with Gasteiger partial charge in [0, 0.05) is 6.54 Å². The van der Waals surface area contributed by atoms with Gasteiger partial charge in [0.25, 0.3) is 0 Å². The maximum absolute atomic E-state index is 5.76. The maximum Gasteiger partial charge on any atom is 0.168 e. The number of rotatable bonds is 1. The molecule has 0 aliphatic rings. The predicted octanol–water partition coefficient (Wildman–Crippen LogP) is 1.60. The fraction of sp³-hybridized carbons (Fsp3) is 0.143. The molecule has 2 heterocycles. The fourth-order valence-corrected chi connectivity index (χ4v) is 1.87. The largest absolute Gasteiger partial charge is 0.325 e. The lowest BCUT2D eigenvalue weighted by atomic mass is 10.5. The lowest BCUT2D eigenvalue weighted by Crippen LogP contribution is -1.95. The first-order valence-electron chi connectivity index (χ1n) is 3.61. The molecule has 4 nitrogen and oxygen atoms in total. The summed E-state index contributed by atoms with van der Waals surface area (Å²) in [6, 6.07) is 1.70. The highest BCUT2D eigenvalue weighted by atomic mass is 79.9. The van der Waals surface area contributed by atoms with E-state index in [2.05, 4.69) is 26.0 Å². The summed E-state index contributed by atoms with van der Waals surface area (Å²) >= 11 is 9.10. The molecule has 0 aromatic carbocycles. The van der Waals surface area contributed by atoms with E-state index in [1.807, 2.05) is 0 Å². The molecule has 2 aromatic rings. The van der Waals surface area contributed by atoms with Crippen molar-refractivity contribution in [3.05, 3.63) is 27.6 Å². The number of hydrogen-bond donors (Lipinski definition) is 1. The van der Waals surface area contributed by atoms with Crippen molar-refractivity contribution >= 4 is 33.2 Å². The molecule has 68 valence electrons. The van der Waals surface area contributed by atoms with Crippen molar-refractivity contribution < 1.29 is 0 Å². The van der Waals surface area contributed by atoms with Crippen LogP contribution in [0.5, 0.6) is 0 Å². The zero-order valence-electron chi connectivity index (χ0n) is 6.54. The highest BCUT2D eigenvalue weighted by Crippen LogP contribution is 2.19. The summed E-state index contributed by atoms with van der Waals surface area (Å²) in [4.78, 5) is 4.24. The molecule has 0 saturated carbocycles. The van der Waals surface area contributed by atoms with Crippen molar-refractivity contribution in [3.63, 3.8) is 0 Å². The molecule has 0 radical (unpaired) electrons. The summed E-state index contributed by atoms with van der Waals surface area (Å²) in [6.07, 6.45) is 1.76. The molecule has 0 unspecified atom stereocenters. The second-order valence-corrected chi connectivity index (χ2v) is 3.76. The topological polar surface area (TPSA) is 56.2 Å². The molecular formula is C7H6BrClN4. The van der Waals surface area contributed by atoms with Crippen LogP contribution in [0.4, 0.5) is 0 Å². The van der Waals surface area contributed by atoms with E-state index in [9.17, 15) is 0 Å². The second-order valence-electron chi connectivity index (χ2n) is 2.52. The van der Waals surface area contributed by atoms with Gasteiger partial charge in [0.15, 0.2) is 10.8 Å². The quantitative estimate of drug-likeness (QED) is 0.848. The van der Waals surface area contributed by atoms with Crippen LogP contribution in [0.1, 0.15) is 5.69 Å². The van der Waals surface area contributed by atoms with E-state index < -0.39 is 0 Å². The number of nitrogens with two attached hydrogens (primary N) is 1. The van der Waals surface area contributed by atoms with Gasteiger partial charge in [0.05, 0.1) is 16.4 Å². The standard InChI is InChI=1S/C7H6BrClN4/c8-5-1-6(9)12-13-3-4(2-10)11-7(5)13/h1,3H,2,10H2. The number of aromatic nitrogens is 3. The summed E-state index contributed by atoms with van der Waals surface area (Å²) < 4.78 is 2.42. The van der Waals surface area contributed by atoms with Crippen LogP contribution in [-0.2, 0) is 6.54 Å². The van der Waals surface area contributed by atoms with E-state index in [0.29, 0.717) is 11.7 Å². The maximum atomic E-state index is 5.76. The molecule has 0 fully saturated rings. The third-order valence-corrected chi connectivity index (χ3v) is 2.38. The SMILES string of the molecule is NCc1cn2nc(Cl)cc(Br)c2n1. The first-order valence-corrected chi connectivity index (χ1v) is 4.78. The summed E-state index contributed by atoms with van der Waals surface area (Å²) in [6.45, 7) is 0.396. The fourth-order valence-electron chi connectivity index (χ4n) is 1.06. The Hall–Kier alpha value is -0.650. The minimum Gasteiger partial charge on any atom is -0.325 e. The minimum absolute atomic E-state index is 0.396. The van der Waals surface area contributed by atoms with Gasteiger partial charge in [-0.3, -0.25) is 0 Å². The van der Waals surface area contributed by atoms with Gasteiger partial charge >= 0.3 is 0 Å². The van der Waals surface area contributed by atoms with Crippen molar-refractivity contribution in [3.8, 4) is 0 Å². The van der Waals surface area contributed by atoms with E-state index in [-0.39, 0.29) is 0 Å². The highest BCUT2D eigenvalue weighted by molar-refractivity contribution is 9.10. The molecule has 2 aromatic heterocycles. The van der Waals surface area contributed by atoms with Crippen LogP contribution in [0.2, 0.25) is 5.15 Å². The molecule has 0 spiro atoms. The van der Waals surface area contributed by atoms with Crippen LogP contribution in [-0.4, -0.2) is 14.6 Å². The molecule has 6 heteroatoms. The van der Waals surface area contributed by atoms with Gasteiger partial charge in [-0.25, -0.2) is 9.50 Å². The van der Waals surface area contributed by atoms with Gasteiger partial charge in [0.2, 0.25) is 0 Å². The monoisotopic (exact) mass is 260 g/mol. The summed E-state index contributed by atoms with van der Waals surface area (Å²) in [5, 5.41) is 4.46. The third kappa shape index (κ3) is 1.54. The first kappa shape index (κ1) is 8.93. The van der Waals surface area contributed by atoms with Crippen LogP contribution in [0, 0.1) is 0 Å². The van der Waals surface area contributed by atoms with Gasteiger partial charge in [-0.05, 0) is 22.0 Å². The van der Waals surface area contributed by atoms with Gasteiger partial charge in [0.1, 0.15) is 0 Å². The van der Waals surface area contributed by atoms with Crippen LogP contribution >= 0.6 is 27.5 Å². The molecule has 0 atom stereocenters. The number of imidazole rings is 1. The number of nitrogens with zero attached hydrogens (tertiary/aromatic N) is 3. The summed E-state index contributed by atoms with van der Waals surface area (Å²) in [5.74, 6) is 0. The van der Waals surface area contributed by atoms with E-state index in [1.54, 1.807) is 16.8 Å². The molecule has 2 rings (SSSR count). The van der Waals surface area contributed by atoms with E-state index in [0.717, 1.165) is 15.8 Å². The third-order valence-electron chi connectivity index (χ3n) is 1.61. The second kappa shape index (κ2) is 3.25. The number of hydrogen-bond acceptors (Lipinski definition) is 3. The molecule has 0 bridgehead atoms. The van der Waals surface area contributed by atoms with E-state index in [4.69, 9.17) is 17.3 Å². The Labute approximate surface area is 87.8 Å². The smallest absolute Gasteiger partial charge is 0.168 e. The minimum atomic E-state index is 0.396. The van der Waals surface area contributed by atoms with Crippen molar-refractivity contribution in [2.24, 2.45) is 5.73 Å². The van der Waals surface area contributed by atoms with Crippen molar-refractivity contribution in [2.45, 2.75) is 6.54 Å². The predicted molar refractivity (Wildman–Crippen MR) is 53.6 cm³/mol. The molecule has 0 aliphatic carbocycles. The Morgan fingerprint density at radius 2 is 2.38 bits per heavy atom. The normalized spacial score (nSPS) is 11.0. The summed E-state index contributed by atoms with van der Waals surface area (Å²) in [7, 11) is 0. The lowest BCUT2D eigenvalue weighted by molar-refractivity contribution is 0.925. The Balaban J connectivity index is 2.75. The van der Waals surface area contributed by atoms with Gasteiger partial charge in [-0.1, -0.05) is 11.6 Å². The molecule has 13 heavy (non-hydrogen) atoms. The molecule has 0 amide bonds. The Morgan fingerprint density at radius 3 is 3.08 bits per heavy atom. The molecule has 0 saturated heterocycles. The Bertz CT molecular complexity index is 453. The Morgan fingerprint density at radius 1 is 1.62 bits per heavy atom. The van der Waals surface area contributed by atoms with Crippen LogP contribution < -0.4 is 5.73 Å². The molecular weight excluding hydrogens is 255 g/mol. The van der Waals surface area contributed by atoms with Crippen LogP contribution in [0.15, 0.2) is 16.7 Å². The van der Waals surface area contributed by atoms with E-state index >= 15 is 0 Å². The highest BCUT2D eigenvalue weighted by Gasteiger charge is 2.05. The van der Waals surface area contributed by atoms with Crippen molar-refractivity contribution in [2.75, 3.05) is 0 Å². The van der Waals surface area contributed by atoms with Crippen molar-refractivity contribution in [1.82, 2.24) is 14.6 Å². The zero-order chi connectivity index (χ0) is 9.42.